The van der Waals surface area contributed by atoms with Gasteiger partial charge in [0.25, 0.3) is 0 Å². The quantitative estimate of drug-likeness (QED) is 0.649. The Kier molecular flexibility index (Phi) is 2.95. The summed E-state index contributed by atoms with van der Waals surface area (Å²) in [6.45, 7) is 5.41. The summed E-state index contributed by atoms with van der Waals surface area (Å²) in [4.78, 5) is 3.99. The lowest BCUT2D eigenvalue weighted by molar-refractivity contribution is 0.0342. The van der Waals surface area contributed by atoms with Gasteiger partial charge in [-0.2, -0.15) is 5.26 Å². The van der Waals surface area contributed by atoms with E-state index in [1.54, 1.807) is 18.5 Å². The van der Waals surface area contributed by atoms with E-state index in [9.17, 15) is 0 Å². The Morgan fingerprint density at radius 2 is 2.12 bits per heavy atom. The van der Waals surface area contributed by atoms with Gasteiger partial charge in [-0.25, -0.2) is 0 Å². The van der Waals surface area contributed by atoms with Gasteiger partial charge in [-0.05, 0) is 6.07 Å². The average molecular weight is 216 g/mol. The fourth-order valence-corrected chi connectivity index (χ4v) is 1.57. The van der Waals surface area contributed by atoms with Gasteiger partial charge >= 0.3 is 7.12 Å². The van der Waals surface area contributed by atoms with E-state index in [4.69, 9.17) is 14.6 Å². The van der Waals surface area contributed by atoms with Crippen molar-refractivity contribution in [3.63, 3.8) is 0 Å². The van der Waals surface area contributed by atoms with Gasteiger partial charge in [0.1, 0.15) is 0 Å². The van der Waals surface area contributed by atoms with Crippen LogP contribution in [0.3, 0.4) is 0 Å². The first-order chi connectivity index (χ1) is 7.62. The number of rotatable bonds is 1. The summed E-state index contributed by atoms with van der Waals surface area (Å²) in [7, 11) is -0.462. The molecule has 0 saturated carbocycles. The first kappa shape index (κ1) is 11.1. The van der Waals surface area contributed by atoms with Crippen molar-refractivity contribution in [2.24, 2.45) is 5.41 Å². The zero-order chi connectivity index (χ0) is 11.6. The van der Waals surface area contributed by atoms with Crippen molar-refractivity contribution in [3.8, 4) is 6.07 Å². The topological polar surface area (TPSA) is 55.1 Å². The van der Waals surface area contributed by atoms with E-state index in [1.807, 2.05) is 0 Å². The summed E-state index contributed by atoms with van der Waals surface area (Å²) in [5.41, 5.74) is 1.30. The van der Waals surface area contributed by atoms with Crippen LogP contribution in [0.25, 0.3) is 0 Å². The first-order valence-corrected chi connectivity index (χ1v) is 5.20. The lowest BCUT2D eigenvalue weighted by atomic mass is 9.74. The van der Waals surface area contributed by atoms with Gasteiger partial charge < -0.3 is 9.31 Å². The third kappa shape index (κ3) is 2.24. The van der Waals surface area contributed by atoms with Crippen molar-refractivity contribution in [2.75, 3.05) is 13.2 Å². The molecule has 16 heavy (non-hydrogen) atoms. The van der Waals surface area contributed by atoms with E-state index in [0.29, 0.717) is 24.2 Å². The van der Waals surface area contributed by atoms with Crippen molar-refractivity contribution in [3.05, 3.63) is 24.0 Å². The van der Waals surface area contributed by atoms with Crippen LogP contribution in [0, 0.1) is 16.7 Å². The lowest BCUT2D eigenvalue weighted by Crippen LogP contribution is -2.48. The molecule has 0 bridgehead atoms. The molecule has 1 saturated heterocycles. The molecule has 4 nitrogen and oxygen atoms in total. The molecule has 0 atom stereocenters. The van der Waals surface area contributed by atoms with E-state index in [1.165, 1.54) is 0 Å². The number of nitrogens with zero attached hydrogens (tertiary/aromatic N) is 2. The summed E-state index contributed by atoms with van der Waals surface area (Å²) in [6, 6.07) is 3.78. The second-order valence-corrected chi connectivity index (χ2v) is 4.69. The van der Waals surface area contributed by atoms with Crippen molar-refractivity contribution in [1.82, 2.24) is 4.98 Å². The zero-order valence-corrected chi connectivity index (χ0v) is 9.43. The van der Waals surface area contributed by atoms with Gasteiger partial charge in [-0.3, -0.25) is 4.98 Å². The van der Waals surface area contributed by atoms with Crippen molar-refractivity contribution in [2.45, 2.75) is 13.8 Å². The molecule has 0 spiro atoms. The van der Waals surface area contributed by atoms with Gasteiger partial charge in [0.05, 0.1) is 11.6 Å². The molecule has 1 aliphatic heterocycles. The molecular weight excluding hydrogens is 203 g/mol. The third-order valence-electron chi connectivity index (χ3n) is 2.48. The summed E-state index contributed by atoms with van der Waals surface area (Å²) in [5.74, 6) is 0. The minimum absolute atomic E-state index is 0.0332. The van der Waals surface area contributed by atoms with E-state index in [2.05, 4.69) is 24.9 Å². The van der Waals surface area contributed by atoms with Gasteiger partial charge in [-0.15, -0.1) is 0 Å². The molecule has 0 aliphatic carbocycles. The minimum atomic E-state index is -0.462. The molecule has 1 aliphatic rings. The highest BCUT2D eigenvalue weighted by atomic mass is 16.6. The number of pyridine rings is 1. The van der Waals surface area contributed by atoms with Crippen molar-refractivity contribution < 1.29 is 9.31 Å². The monoisotopic (exact) mass is 216 g/mol. The maximum atomic E-state index is 8.96. The molecular formula is C11H13BN2O2. The molecule has 0 radical (unpaired) electrons. The molecule has 2 heterocycles. The Morgan fingerprint density at radius 1 is 1.44 bits per heavy atom. The molecule has 1 fully saturated rings. The van der Waals surface area contributed by atoms with Crippen LogP contribution < -0.4 is 5.46 Å². The maximum Gasteiger partial charge on any atom is 0.496 e. The summed E-state index contributed by atoms with van der Waals surface area (Å²) < 4.78 is 11.2. The molecule has 0 unspecified atom stereocenters. The molecule has 1 aromatic rings. The Bertz CT molecular complexity index is 418. The molecule has 5 heteroatoms. The van der Waals surface area contributed by atoms with Crippen LogP contribution in [0.15, 0.2) is 18.5 Å². The summed E-state index contributed by atoms with van der Waals surface area (Å²) in [6.07, 6.45) is 3.22. The first-order valence-electron chi connectivity index (χ1n) is 5.20. The largest absolute Gasteiger partial charge is 0.496 e. The number of hydrogen-bond acceptors (Lipinski definition) is 4. The van der Waals surface area contributed by atoms with Crippen LogP contribution in [0.1, 0.15) is 19.4 Å². The molecule has 0 amide bonds. The Labute approximate surface area is 95.3 Å². The van der Waals surface area contributed by atoms with E-state index in [-0.39, 0.29) is 5.41 Å². The predicted molar refractivity (Wildman–Crippen MR) is 60.0 cm³/mol. The van der Waals surface area contributed by atoms with Gasteiger partial charge in [0, 0.05) is 36.5 Å². The summed E-state index contributed by atoms with van der Waals surface area (Å²) in [5, 5.41) is 8.96. The highest BCUT2D eigenvalue weighted by Gasteiger charge is 2.34. The Morgan fingerprint density at radius 3 is 2.75 bits per heavy atom. The smallest absolute Gasteiger partial charge is 0.407 e. The van der Waals surface area contributed by atoms with E-state index in [0.717, 1.165) is 0 Å². The minimum Gasteiger partial charge on any atom is -0.407 e. The fraction of sp³-hybridized carbons (Fsp3) is 0.455. The normalized spacial score (nSPS) is 19.2. The number of aromatic nitrogens is 1. The highest BCUT2D eigenvalue weighted by molar-refractivity contribution is 6.62. The number of nitriles is 1. The lowest BCUT2D eigenvalue weighted by Gasteiger charge is -2.33. The Hall–Kier alpha value is -1.38. The third-order valence-corrected chi connectivity index (χ3v) is 2.48. The van der Waals surface area contributed by atoms with Crippen LogP contribution in [-0.2, 0) is 9.31 Å². The second kappa shape index (κ2) is 4.24. The maximum absolute atomic E-state index is 8.96. The second-order valence-electron chi connectivity index (χ2n) is 4.69. The zero-order valence-electron chi connectivity index (χ0n) is 9.43. The summed E-state index contributed by atoms with van der Waals surface area (Å²) >= 11 is 0. The van der Waals surface area contributed by atoms with Crippen LogP contribution >= 0.6 is 0 Å². The molecule has 0 aromatic carbocycles. The molecule has 0 N–H and O–H groups in total. The van der Waals surface area contributed by atoms with Crippen molar-refractivity contribution >= 4 is 12.6 Å². The number of hydrogen-bond donors (Lipinski definition) is 0. The standard InChI is InChI=1S/C11H13BN2O2/c1-11(2)7-15-12(16-8-11)10-6-14-4-3-9(10)5-13/h3-4,6H,7-8H2,1-2H3. The van der Waals surface area contributed by atoms with E-state index >= 15 is 0 Å². The van der Waals surface area contributed by atoms with Gasteiger partial charge in [-0.1, -0.05) is 13.8 Å². The van der Waals surface area contributed by atoms with Crippen LogP contribution in [-0.4, -0.2) is 25.3 Å². The van der Waals surface area contributed by atoms with Gasteiger partial charge in [0.2, 0.25) is 0 Å². The Balaban J connectivity index is 2.18. The van der Waals surface area contributed by atoms with Crippen molar-refractivity contribution in [1.29, 1.82) is 5.26 Å². The van der Waals surface area contributed by atoms with Crippen LogP contribution in [0.4, 0.5) is 0 Å². The van der Waals surface area contributed by atoms with Crippen LogP contribution in [0.2, 0.25) is 0 Å². The van der Waals surface area contributed by atoms with Gasteiger partial charge in [0.15, 0.2) is 0 Å². The molecule has 82 valence electrons. The van der Waals surface area contributed by atoms with Crippen LogP contribution in [0.5, 0.6) is 0 Å². The highest BCUT2D eigenvalue weighted by Crippen LogP contribution is 2.21. The molecule has 2 rings (SSSR count). The SMILES string of the molecule is CC1(C)COB(c2cnccc2C#N)OC1. The fourth-order valence-electron chi connectivity index (χ4n) is 1.57. The average Bonchev–Trinajstić information content (AvgIpc) is 2.29. The predicted octanol–water partition coefficient (Wildman–Crippen LogP) is 0.721. The van der Waals surface area contributed by atoms with E-state index < -0.39 is 7.12 Å². The molecule has 1 aromatic heterocycles.